The summed E-state index contributed by atoms with van der Waals surface area (Å²) in [5.41, 5.74) is 3.35. The minimum atomic E-state index is -0.320. The molecule has 4 aromatic rings. The third-order valence-corrected chi connectivity index (χ3v) is 4.93. The van der Waals surface area contributed by atoms with Gasteiger partial charge in [0.1, 0.15) is 5.75 Å². The van der Waals surface area contributed by atoms with Gasteiger partial charge in [-0.3, -0.25) is 9.48 Å². The summed E-state index contributed by atoms with van der Waals surface area (Å²) in [6, 6.07) is 11.2. The van der Waals surface area contributed by atoms with Crippen LogP contribution in [0.3, 0.4) is 0 Å². The number of nitrogens with one attached hydrogen (secondary N) is 1. The molecule has 0 fully saturated rings. The summed E-state index contributed by atoms with van der Waals surface area (Å²) < 4.78 is 12.8. The molecule has 1 aliphatic rings. The molecule has 0 saturated carbocycles. The molecule has 140 valence electrons. The zero-order valence-corrected chi connectivity index (χ0v) is 15.1. The first kappa shape index (κ1) is 16.5. The lowest BCUT2D eigenvalue weighted by atomic mass is 9.97. The summed E-state index contributed by atoms with van der Waals surface area (Å²) >= 11 is 0. The molecule has 1 aliphatic heterocycles. The predicted octanol–water partition coefficient (Wildman–Crippen LogP) is 2.88. The van der Waals surface area contributed by atoms with Gasteiger partial charge in [0.25, 0.3) is 5.91 Å². The molecule has 28 heavy (non-hydrogen) atoms. The van der Waals surface area contributed by atoms with Crippen LogP contribution in [0.4, 0.5) is 0 Å². The number of carbonyl (C=O) groups is 1. The van der Waals surface area contributed by atoms with E-state index < -0.39 is 0 Å². The van der Waals surface area contributed by atoms with Gasteiger partial charge in [-0.15, -0.1) is 0 Å². The fraction of sp³-hybridized carbons (Fsp3) is 0.200. The van der Waals surface area contributed by atoms with Crippen molar-refractivity contribution in [1.29, 1.82) is 0 Å². The second-order valence-corrected chi connectivity index (χ2v) is 6.64. The third kappa shape index (κ3) is 2.70. The number of nitrogens with zero attached hydrogens (tertiary/aromatic N) is 4. The van der Waals surface area contributed by atoms with Crippen molar-refractivity contribution in [2.75, 3.05) is 6.61 Å². The van der Waals surface area contributed by atoms with Gasteiger partial charge in [-0.05, 0) is 36.4 Å². The van der Waals surface area contributed by atoms with E-state index in [0.717, 1.165) is 22.6 Å². The number of hydrogen-bond donors (Lipinski definition) is 1. The molecular weight excluding hydrogens is 358 g/mol. The fourth-order valence-corrected chi connectivity index (χ4v) is 3.53. The molecule has 1 amide bonds. The van der Waals surface area contributed by atoms with Crippen molar-refractivity contribution < 1.29 is 14.1 Å². The Labute approximate surface area is 160 Å². The average Bonchev–Trinajstić information content (AvgIpc) is 3.34. The highest BCUT2D eigenvalue weighted by molar-refractivity contribution is 6.02. The lowest BCUT2D eigenvalue weighted by Gasteiger charge is -2.27. The number of pyridine rings is 1. The normalized spacial score (nSPS) is 15.8. The highest BCUT2D eigenvalue weighted by Crippen LogP contribution is 2.35. The molecule has 1 N–H and O–H groups in total. The van der Waals surface area contributed by atoms with Crippen molar-refractivity contribution in [3.8, 4) is 17.0 Å². The van der Waals surface area contributed by atoms with Crippen molar-refractivity contribution in [3.63, 3.8) is 0 Å². The first-order chi connectivity index (χ1) is 13.7. The lowest BCUT2D eigenvalue weighted by Crippen LogP contribution is -2.32. The summed E-state index contributed by atoms with van der Waals surface area (Å²) in [4.78, 5) is 16.9. The maximum Gasteiger partial charge on any atom is 0.291 e. The second-order valence-electron chi connectivity index (χ2n) is 6.64. The van der Waals surface area contributed by atoms with E-state index in [0.29, 0.717) is 24.1 Å². The van der Waals surface area contributed by atoms with Crippen LogP contribution in [0.25, 0.3) is 22.3 Å². The number of aromatic nitrogens is 4. The maximum absolute atomic E-state index is 12.8. The second kappa shape index (κ2) is 6.49. The van der Waals surface area contributed by atoms with Crippen LogP contribution in [0.5, 0.6) is 5.75 Å². The third-order valence-electron chi connectivity index (χ3n) is 4.93. The largest absolute Gasteiger partial charge is 0.493 e. The monoisotopic (exact) mass is 375 g/mol. The summed E-state index contributed by atoms with van der Waals surface area (Å²) in [6.07, 6.45) is 4.03. The molecule has 1 aromatic carbocycles. The molecule has 0 bridgehead atoms. The van der Waals surface area contributed by atoms with Crippen LogP contribution in [-0.4, -0.2) is 32.4 Å². The summed E-state index contributed by atoms with van der Waals surface area (Å²) in [5.74, 6) is 0.616. The van der Waals surface area contributed by atoms with Gasteiger partial charge in [-0.25, -0.2) is 4.98 Å². The highest BCUT2D eigenvalue weighted by atomic mass is 16.5. The Hall–Kier alpha value is -3.68. The van der Waals surface area contributed by atoms with Crippen LogP contribution in [0, 0.1) is 0 Å². The molecule has 3 aromatic heterocycles. The summed E-state index contributed by atoms with van der Waals surface area (Å²) in [7, 11) is 1.90. The Morgan fingerprint density at radius 2 is 2.18 bits per heavy atom. The van der Waals surface area contributed by atoms with Gasteiger partial charge in [0.05, 0.1) is 23.7 Å². The van der Waals surface area contributed by atoms with E-state index in [2.05, 4.69) is 20.6 Å². The van der Waals surface area contributed by atoms with Gasteiger partial charge in [0.2, 0.25) is 11.4 Å². The Bertz CT molecular complexity index is 1180. The lowest BCUT2D eigenvalue weighted by molar-refractivity contribution is 0.0890. The Morgan fingerprint density at radius 1 is 1.25 bits per heavy atom. The molecule has 8 heteroatoms. The Balaban J connectivity index is 1.47. The molecule has 0 radical (unpaired) electrons. The summed E-state index contributed by atoms with van der Waals surface area (Å²) in [5, 5.41) is 11.7. The quantitative estimate of drug-likeness (QED) is 0.592. The number of amides is 1. The Kier molecular flexibility index (Phi) is 3.82. The minimum absolute atomic E-state index is 0.166. The standard InChI is InChI=1S/C20H17N5O3/c1-25-16(6-9-22-25)12-4-5-17-14(11-12)15(7-10-27-17)23-20(26)18-13-3-2-8-21-19(13)24-28-18/h2-6,8-9,11,15H,7,10H2,1H3,(H,23,26). The highest BCUT2D eigenvalue weighted by Gasteiger charge is 2.26. The molecule has 1 atom stereocenters. The van der Waals surface area contributed by atoms with E-state index in [1.165, 1.54) is 0 Å². The fourth-order valence-electron chi connectivity index (χ4n) is 3.53. The predicted molar refractivity (Wildman–Crippen MR) is 101 cm³/mol. The van der Waals surface area contributed by atoms with Crippen molar-refractivity contribution in [2.24, 2.45) is 7.05 Å². The number of carbonyl (C=O) groups excluding carboxylic acids is 1. The van der Waals surface area contributed by atoms with Crippen LogP contribution in [0.1, 0.15) is 28.6 Å². The molecule has 0 saturated heterocycles. The van der Waals surface area contributed by atoms with E-state index in [-0.39, 0.29) is 17.7 Å². The number of rotatable bonds is 3. The molecule has 5 rings (SSSR count). The first-order valence-corrected chi connectivity index (χ1v) is 8.97. The molecule has 1 unspecified atom stereocenters. The number of fused-ring (bicyclic) bond motifs is 2. The van der Waals surface area contributed by atoms with Gasteiger partial charge < -0.3 is 14.6 Å². The van der Waals surface area contributed by atoms with Gasteiger partial charge >= 0.3 is 0 Å². The number of ether oxygens (including phenoxy) is 1. The van der Waals surface area contributed by atoms with E-state index in [1.807, 2.05) is 36.0 Å². The van der Waals surface area contributed by atoms with Crippen LogP contribution >= 0.6 is 0 Å². The summed E-state index contributed by atoms with van der Waals surface area (Å²) in [6.45, 7) is 0.529. The van der Waals surface area contributed by atoms with E-state index >= 15 is 0 Å². The molecule has 8 nitrogen and oxygen atoms in total. The van der Waals surface area contributed by atoms with Crippen molar-refractivity contribution in [2.45, 2.75) is 12.5 Å². The zero-order valence-electron chi connectivity index (χ0n) is 15.1. The van der Waals surface area contributed by atoms with Crippen LogP contribution in [0.15, 0.2) is 53.3 Å². The van der Waals surface area contributed by atoms with Gasteiger partial charge in [0.15, 0.2) is 0 Å². The molecule has 4 heterocycles. The van der Waals surface area contributed by atoms with E-state index in [1.54, 1.807) is 24.5 Å². The van der Waals surface area contributed by atoms with Crippen molar-refractivity contribution in [1.82, 2.24) is 25.2 Å². The molecule has 0 aliphatic carbocycles. The SMILES string of the molecule is Cn1nccc1-c1ccc2c(c1)C(NC(=O)c1onc3ncccc13)CCO2. The number of hydrogen-bond acceptors (Lipinski definition) is 6. The smallest absolute Gasteiger partial charge is 0.291 e. The first-order valence-electron chi connectivity index (χ1n) is 8.97. The zero-order chi connectivity index (χ0) is 19.1. The van der Waals surface area contributed by atoms with Gasteiger partial charge in [0, 0.05) is 37.0 Å². The van der Waals surface area contributed by atoms with Gasteiger partial charge in [-0.1, -0.05) is 5.16 Å². The minimum Gasteiger partial charge on any atom is -0.493 e. The van der Waals surface area contributed by atoms with Crippen LogP contribution in [0.2, 0.25) is 0 Å². The Morgan fingerprint density at radius 3 is 3.04 bits per heavy atom. The van der Waals surface area contributed by atoms with Gasteiger partial charge in [-0.2, -0.15) is 5.10 Å². The average molecular weight is 375 g/mol. The number of benzene rings is 1. The van der Waals surface area contributed by atoms with Crippen LogP contribution < -0.4 is 10.1 Å². The van der Waals surface area contributed by atoms with Crippen molar-refractivity contribution in [3.05, 3.63) is 60.1 Å². The molecular formula is C20H17N5O3. The maximum atomic E-state index is 12.8. The molecule has 0 spiro atoms. The van der Waals surface area contributed by atoms with E-state index in [9.17, 15) is 4.79 Å². The van der Waals surface area contributed by atoms with E-state index in [4.69, 9.17) is 9.26 Å². The number of aryl methyl sites for hydroxylation is 1. The van der Waals surface area contributed by atoms with Crippen LogP contribution in [-0.2, 0) is 7.05 Å². The topological polar surface area (TPSA) is 95.1 Å². The van der Waals surface area contributed by atoms with Crippen molar-refractivity contribution >= 4 is 16.9 Å².